The summed E-state index contributed by atoms with van der Waals surface area (Å²) in [6.45, 7) is 2.60. The molecule has 0 radical (unpaired) electrons. The Balaban J connectivity index is 1.96. The molecule has 1 atom stereocenters. The number of benzene rings is 2. The number of ether oxygens (including phenoxy) is 1. The van der Waals surface area contributed by atoms with Crippen LogP contribution in [0.4, 0.5) is 0 Å². The van der Waals surface area contributed by atoms with Crippen molar-refractivity contribution in [1.82, 2.24) is 4.31 Å². The first-order chi connectivity index (χ1) is 11.0. The van der Waals surface area contributed by atoms with Crippen LogP contribution in [0.15, 0.2) is 53.4 Å². The molecule has 1 heterocycles. The van der Waals surface area contributed by atoms with E-state index in [0.717, 1.165) is 24.0 Å². The summed E-state index contributed by atoms with van der Waals surface area (Å²) < 4.78 is 32.8. The average Bonchev–Trinajstić information content (AvgIpc) is 3.05. The predicted octanol–water partition coefficient (Wildman–Crippen LogP) is 3.53. The molecule has 4 nitrogen and oxygen atoms in total. The van der Waals surface area contributed by atoms with Crippen LogP contribution in [0.5, 0.6) is 5.75 Å². The molecule has 0 N–H and O–H groups in total. The molecule has 3 rings (SSSR count). The molecule has 2 aromatic rings. The number of nitrogens with zero attached hydrogens (tertiary/aromatic N) is 1. The van der Waals surface area contributed by atoms with Crippen molar-refractivity contribution < 1.29 is 13.2 Å². The van der Waals surface area contributed by atoms with Crippen molar-refractivity contribution in [2.45, 2.75) is 30.7 Å². The largest absolute Gasteiger partial charge is 0.497 e. The lowest BCUT2D eigenvalue weighted by Crippen LogP contribution is -2.31. The Morgan fingerprint density at radius 3 is 2.43 bits per heavy atom. The summed E-state index contributed by atoms with van der Waals surface area (Å²) in [6, 6.07) is 14.5. The lowest BCUT2D eigenvalue weighted by molar-refractivity contribution is 0.395. The van der Waals surface area contributed by atoms with Crippen LogP contribution in [0, 0.1) is 6.92 Å². The summed E-state index contributed by atoms with van der Waals surface area (Å²) >= 11 is 0. The highest BCUT2D eigenvalue weighted by Crippen LogP contribution is 2.37. The van der Waals surface area contributed by atoms with Crippen LogP contribution in [0.1, 0.15) is 30.0 Å². The van der Waals surface area contributed by atoms with Gasteiger partial charge in [-0.3, -0.25) is 0 Å². The van der Waals surface area contributed by atoms with Crippen molar-refractivity contribution in [3.63, 3.8) is 0 Å². The zero-order chi connectivity index (χ0) is 16.4. The number of rotatable bonds is 4. The van der Waals surface area contributed by atoms with Gasteiger partial charge in [0.15, 0.2) is 0 Å². The van der Waals surface area contributed by atoms with E-state index in [9.17, 15) is 8.42 Å². The summed E-state index contributed by atoms with van der Waals surface area (Å²) in [5.41, 5.74) is 2.23. The summed E-state index contributed by atoms with van der Waals surface area (Å²) in [5.74, 6) is 0.654. The van der Waals surface area contributed by atoms with Gasteiger partial charge in [0.2, 0.25) is 10.0 Å². The van der Waals surface area contributed by atoms with Gasteiger partial charge in [0.1, 0.15) is 5.75 Å². The first-order valence-electron chi connectivity index (χ1n) is 7.75. The van der Waals surface area contributed by atoms with E-state index in [4.69, 9.17) is 4.74 Å². The molecule has 2 aromatic carbocycles. The van der Waals surface area contributed by atoms with E-state index in [1.165, 1.54) is 0 Å². The highest BCUT2D eigenvalue weighted by Gasteiger charge is 2.36. The first kappa shape index (κ1) is 16.0. The Kier molecular flexibility index (Phi) is 4.41. The Morgan fingerprint density at radius 1 is 1.09 bits per heavy atom. The highest BCUT2D eigenvalue weighted by molar-refractivity contribution is 7.89. The molecule has 122 valence electrons. The van der Waals surface area contributed by atoms with Crippen molar-refractivity contribution >= 4 is 10.0 Å². The van der Waals surface area contributed by atoms with E-state index in [0.29, 0.717) is 17.2 Å². The quantitative estimate of drug-likeness (QED) is 0.861. The van der Waals surface area contributed by atoms with E-state index in [-0.39, 0.29) is 6.04 Å². The Labute approximate surface area is 137 Å². The van der Waals surface area contributed by atoms with Crippen LogP contribution in [0.25, 0.3) is 0 Å². The van der Waals surface area contributed by atoms with Crippen molar-refractivity contribution in [3.8, 4) is 5.75 Å². The van der Waals surface area contributed by atoms with Gasteiger partial charge in [-0.2, -0.15) is 4.31 Å². The Morgan fingerprint density at radius 2 is 1.78 bits per heavy atom. The van der Waals surface area contributed by atoms with Crippen molar-refractivity contribution in [2.75, 3.05) is 13.7 Å². The molecule has 1 saturated heterocycles. The fourth-order valence-electron chi connectivity index (χ4n) is 3.18. The van der Waals surface area contributed by atoms with Gasteiger partial charge in [-0.05, 0) is 55.2 Å². The SMILES string of the molecule is COc1ccc(S(=O)(=O)N2CCC[C@@H]2c2ccccc2C)cc1. The van der Waals surface area contributed by atoms with Gasteiger partial charge in [-0.1, -0.05) is 24.3 Å². The average molecular weight is 331 g/mol. The van der Waals surface area contributed by atoms with Crippen LogP contribution < -0.4 is 4.74 Å². The van der Waals surface area contributed by atoms with E-state index in [2.05, 4.69) is 0 Å². The lowest BCUT2D eigenvalue weighted by Gasteiger charge is -2.25. The zero-order valence-electron chi connectivity index (χ0n) is 13.4. The fraction of sp³-hybridized carbons (Fsp3) is 0.333. The smallest absolute Gasteiger partial charge is 0.243 e. The summed E-state index contributed by atoms with van der Waals surface area (Å²) in [5, 5.41) is 0. The van der Waals surface area contributed by atoms with E-state index >= 15 is 0 Å². The monoisotopic (exact) mass is 331 g/mol. The normalized spacial score (nSPS) is 19.0. The zero-order valence-corrected chi connectivity index (χ0v) is 14.2. The van der Waals surface area contributed by atoms with Crippen LogP contribution >= 0.6 is 0 Å². The second-order valence-electron chi connectivity index (χ2n) is 5.81. The Hall–Kier alpha value is -1.85. The van der Waals surface area contributed by atoms with Gasteiger partial charge in [0, 0.05) is 6.54 Å². The minimum absolute atomic E-state index is 0.0803. The van der Waals surface area contributed by atoms with Crippen LogP contribution in [-0.2, 0) is 10.0 Å². The molecule has 1 aliphatic heterocycles. The highest BCUT2D eigenvalue weighted by atomic mass is 32.2. The maximum Gasteiger partial charge on any atom is 0.243 e. The van der Waals surface area contributed by atoms with Gasteiger partial charge in [0.05, 0.1) is 18.0 Å². The molecular formula is C18H21NO3S. The second-order valence-corrected chi connectivity index (χ2v) is 7.70. The van der Waals surface area contributed by atoms with Gasteiger partial charge in [0.25, 0.3) is 0 Å². The number of aryl methyl sites for hydroxylation is 1. The summed E-state index contributed by atoms with van der Waals surface area (Å²) in [7, 11) is -1.93. The number of hydrogen-bond acceptors (Lipinski definition) is 3. The molecule has 1 aliphatic rings. The first-order valence-corrected chi connectivity index (χ1v) is 9.19. The predicted molar refractivity (Wildman–Crippen MR) is 90.0 cm³/mol. The Bertz CT molecular complexity index is 784. The summed E-state index contributed by atoms with van der Waals surface area (Å²) in [4.78, 5) is 0.318. The van der Waals surface area contributed by atoms with Crippen molar-refractivity contribution in [1.29, 1.82) is 0 Å². The van der Waals surface area contributed by atoms with Crippen LogP contribution in [-0.4, -0.2) is 26.4 Å². The molecule has 0 amide bonds. The minimum atomic E-state index is -3.50. The number of sulfonamides is 1. The molecule has 0 spiro atoms. The second kappa shape index (κ2) is 6.34. The number of methoxy groups -OCH3 is 1. The van der Waals surface area contributed by atoms with Crippen molar-refractivity contribution in [3.05, 3.63) is 59.7 Å². The minimum Gasteiger partial charge on any atom is -0.497 e. The van der Waals surface area contributed by atoms with Gasteiger partial charge < -0.3 is 4.74 Å². The molecular weight excluding hydrogens is 310 g/mol. The maximum atomic E-state index is 13.0. The van der Waals surface area contributed by atoms with Crippen LogP contribution in [0.3, 0.4) is 0 Å². The molecule has 0 aromatic heterocycles. The van der Waals surface area contributed by atoms with E-state index in [1.807, 2.05) is 31.2 Å². The fourth-order valence-corrected chi connectivity index (χ4v) is 4.86. The molecule has 0 unspecified atom stereocenters. The maximum absolute atomic E-state index is 13.0. The summed E-state index contributed by atoms with van der Waals surface area (Å²) in [6.07, 6.45) is 1.74. The van der Waals surface area contributed by atoms with E-state index < -0.39 is 10.0 Å². The molecule has 0 bridgehead atoms. The van der Waals surface area contributed by atoms with Crippen LogP contribution in [0.2, 0.25) is 0 Å². The third kappa shape index (κ3) is 2.99. The molecule has 0 saturated carbocycles. The third-order valence-corrected chi connectivity index (χ3v) is 6.34. The lowest BCUT2D eigenvalue weighted by atomic mass is 10.0. The molecule has 23 heavy (non-hydrogen) atoms. The molecule has 5 heteroatoms. The third-order valence-electron chi connectivity index (χ3n) is 4.42. The molecule has 1 fully saturated rings. The van der Waals surface area contributed by atoms with Gasteiger partial charge in [-0.15, -0.1) is 0 Å². The standard InChI is InChI=1S/C18H21NO3S/c1-14-6-3-4-7-17(14)18-8-5-13-19(18)23(20,21)16-11-9-15(22-2)10-12-16/h3-4,6-7,9-12,18H,5,8,13H2,1-2H3/t18-/m1/s1. The number of hydrogen-bond donors (Lipinski definition) is 0. The van der Waals surface area contributed by atoms with Crippen molar-refractivity contribution in [2.24, 2.45) is 0 Å². The topological polar surface area (TPSA) is 46.6 Å². The van der Waals surface area contributed by atoms with Gasteiger partial charge in [-0.25, -0.2) is 8.42 Å². The molecule has 0 aliphatic carbocycles. The van der Waals surface area contributed by atoms with E-state index in [1.54, 1.807) is 35.7 Å². The van der Waals surface area contributed by atoms with Gasteiger partial charge >= 0.3 is 0 Å².